The normalized spacial score (nSPS) is 12.9. The molecule has 15 heavy (non-hydrogen) atoms. The van der Waals surface area contributed by atoms with Gasteiger partial charge >= 0.3 is 0 Å². The summed E-state index contributed by atoms with van der Waals surface area (Å²) in [5, 5.41) is 0. The summed E-state index contributed by atoms with van der Waals surface area (Å²) in [6, 6.07) is 14.0. The molecule has 1 aliphatic rings. The minimum atomic E-state index is 0.955. The first kappa shape index (κ1) is 8.42. The summed E-state index contributed by atoms with van der Waals surface area (Å²) in [4.78, 5) is 8.79. The molecule has 0 saturated carbocycles. The summed E-state index contributed by atoms with van der Waals surface area (Å²) >= 11 is 0. The van der Waals surface area contributed by atoms with Crippen molar-refractivity contribution in [3.8, 4) is 0 Å². The van der Waals surface area contributed by atoms with E-state index in [-0.39, 0.29) is 0 Å². The summed E-state index contributed by atoms with van der Waals surface area (Å²) in [5.74, 6) is 0. The van der Waals surface area contributed by atoms with Gasteiger partial charge in [-0.2, -0.15) is 0 Å². The van der Waals surface area contributed by atoms with Gasteiger partial charge in [-0.15, -0.1) is 0 Å². The van der Waals surface area contributed by atoms with E-state index in [1.807, 2.05) is 37.6 Å². The van der Waals surface area contributed by atoms with Crippen molar-refractivity contribution in [2.24, 2.45) is 4.99 Å². The fraction of sp³-hybridized carbons (Fsp3) is 0. The zero-order valence-corrected chi connectivity index (χ0v) is 8.09. The number of hydrogen-bond acceptors (Lipinski definition) is 2. The lowest BCUT2D eigenvalue weighted by Crippen LogP contribution is -2.21. The summed E-state index contributed by atoms with van der Waals surface area (Å²) in [6.45, 7) is 0. The van der Waals surface area contributed by atoms with Gasteiger partial charge in [0.25, 0.3) is 0 Å². The molecule has 0 bridgehead atoms. The molecule has 1 aliphatic heterocycles. The van der Waals surface area contributed by atoms with Crippen molar-refractivity contribution in [2.45, 2.75) is 0 Å². The van der Waals surface area contributed by atoms with Gasteiger partial charge in [-0.1, -0.05) is 30.3 Å². The highest BCUT2D eigenvalue weighted by Gasteiger charge is 2.17. The fourth-order valence-electron chi connectivity index (χ4n) is 1.66. The Bertz CT molecular complexity index is 520. The number of fused-ring (bicyclic) bond motifs is 1. The maximum absolute atomic E-state index is 4.52. The van der Waals surface area contributed by atoms with E-state index in [0.29, 0.717) is 0 Å². The van der Waals surface area contributed by atoms with Crippen LogP contribution in [0.2, 0.25) is 0 Å². The molecular formula is C12H8BN2. The van der Waals surface area contributed by atoms with Gasteiger partial charge in [-0.05, 0) is 17.7 Å². The molecule has 0 unspecified atom stereocenters. The maximum atomic E-state index is 4.52. The third kappa shape index (κ3) is 1.46. The summed E-state index contributed by atoms with van der Waals surface area (Å²) in [6.07, 6.45) is 1.79. The van der Waals surface area contributed by atoms with Crippen LogP contribution in [0.3, 0.4) is 0 Å². The Balaban J connectivity index is 2.02. The van der Waals surface area contributed by atoms with Gasteiger partial charge in [-0.3, -0.25) is 9.98 Å². The summed E-state index contributed by atoms with van der Waals surface area (Å²) in [7, 11) is 2.02. The van der Waals surface area contributed by atoms with E-state index in [1.165, 1.54) is 0 Å². The largest absolute Gasteiger partial charge is 0.269 e. The molecule has 0 N–H and O–H groups in total. The first-order chi connectivity index (χ1) is 7.43. The topological polar surface area (TPSA) is 25.2 Å². The van der Waals surface area contributed by atoms with Crippen LogP contribution in [0.25, 0.3) is 0 Å². The zero-order chi connectivity index (χ0) is 10.1. The molecule has 0 amide bonds. The average molecular weight is 191 g/mol. The number of aliphatic imine (C=N–C) groups is 1. The van der Waals surface area contributed by atoms with Gasteiger partial charge in [0, 0.05) is 17.4 Å². The molecule has 69 valence electrons. The van der Waals surface area contributed by atoms with Crippen molar-refractivity contribution in [1.82, 2.24) is 4.98 Å². The quantitative estimate of drug-likeness (QED) is 0.627. The van der Waals surface area contributed by atoms with Crippen LogP contribution in [0.15, 0.2) is 53.7 Å². The smallest absolute Gasteiger partial charge is 0.246 e. The van der Waals surface area contributed by atoms with Crippen molar-refractivity contribution in [2.75, 3.05) is 0 Å². The molecule has 2 aromatic rings. The van der Waals surface area contributed by atoms with Crippen molar-refractivity contribution >= 4 is 24.2 Å². The molecule has 0 spiro atoms. The number of hydrogen-bond donors (Lipinski definition) is 0. The second-order valence-electron chi connectivity index (χ2n) is 3.42. The minimum absolute atomic E-state index is 0.955. The molecule has 0 fully saturated rings. The van der Waals surface area contributed by atoms with Gasteiger partial charge in [0.1, 0.15) is 0 Å². The molecule has 1 radical (unpaired) electrons. The number of aromatic nitrogens is 1. The lowest BCUT2D eigenvalue weighted by Gasteiger charge is -1.96. The average Bonchev–Trinajstić information content (AvgIpc) is 2.74. The van der Waals surface area contributed by atoms with Crippen LogP contribution < -0.4 is 5.59 Å². The molecule has 0 atom stereocenters. The molecular weight excluding hydrogens is 183 g/mol. The monoisotopic (exact) mass is 191 g/mol. The van der Waals surface area contributed by atoms with E-state index in [0.717, 1.165) is 22.5 Å². The van der Waals surface area contributed by atoms with E-state index in [1.54, 1.807) is 6.20 Å². The lowest BCUT2D eigenvalue weighted by molar-refractivity contribution is 1.37. The van der Waals surface area contributed by atoms with Crippen LogP contribution in [0.5, 0.6) is 0 Å². The van der Waals surface area contributed by atoms with E-state index in [9.17, 15) is 0 Å². The summed E-state index contributed by atoms with van der Waals surface area (Å²) < 4.78 is 0. The molecule has 1 aromatic heterocycles. The van der Waals surface area contributed by atoms with Gasteiger partial charge in [0.05, 0.1) is 5.69 Å². The Hall–Kier alpha value is -1.90. The Labute approximate surface area is 88.9 Å². The van der Waals surface area contributed by atoms with Gasteiger partial charge in [0.2, 0.25) is 7.28 Å². The third-order valence-electron chi connectivity index (χ3n) is 2.40. The molecule has 3 rings (SSSR count). The Morgan fingerprint density at radius 2 is 1.80 bits per heavy atom. The zero-order valence-electron chi connectivity index (χ0n) is 8.09. The number of nitrogens with zero attached hydrogens (tertiary/aromatic N) is 2. The van der Waals surface area contributed by atoms with Gasteiger partial charge < -0.3 is 0 Å². The Kier molecular flexibility index (Phi) is 1.88. The molecule has 1 aromatic carbocycles. The Morgan fingerprint density at radius 3 is 2.60 bits per heavy atom. The van der Waals surface area contributed by atoms with E-state index in [2.05, 4.69) is 22.1 Å². The Morgan fingerprint density at radius 1 is 0.933 bits per heavy atom. The predicted molar refractivity (Wildman–Crippen MR) is 62.3 cm³/mol. The first-order valence-electron chi connectivity index (χ1n) is 4.87. The van der Waals surface area contributed by atoms with Crippen LogP contribution in [0.1, 0.15) is 5.56 Å². The second kappa shape index (κ2) is 3.35. The van der Waals surface area contributed by atoms with Crippen LogP contribution in [0.4, 0.5) is 5.69 Å². The lowest BCUT2D eigenvalue weighted by atomic mass is 9.68. The molecule has 2 nitrogen and oxygen atoms in total. The fourth-order valence-corrected chi connectivity index (χ4v) is 1.66. The van der Waals surface area contributed by atoms with Gasteiger partial charge in [-0.25, -0.2) is 0 Å². The van der Waals surface area contributed by atoms with Crippen molar-refractivity contribution in [1.29, 1.82) is 0 Å². The third-order valence-corrected chi connectivity index (χ3v) is 2.40. The highest BCUT2D eigenvalue weighted by atomic mass is 14.8. The number of rotatable bonds is 1. The first-order valence-corrected chi connectivity index (χ1v) is 4.87. The van der Waals surface area contributed by atoms with Crippen LogP contribution in [-0.2, 0) is 0 Å². The van der Waals surface area contributed by atoms with E-state index < -0.39 is 0 Å². The highest BCUT2D eigenvalue weighted by Crippen LogP contribution is 2.15. The standard InChI is InChI=1S/C12H8BN2/c1-2-5-9(6-3-1)11-13-12-10(15-11)7-4-8-14-12/h1-8H. The predicted octanol–water partition coefficient (Wildman–Crippen LogP) is 1.50. The number of benzene rings is 1. The van der Waals surface area contributed by atoms with Crippen molar-refractivity contribution < 1.29 is 0 Å². The highest BCUT2D eigenvalue weighted by molar-refractivity contribution is 6.90. The van der Waals surface area contributed by atoms with Crippen LogP contribution in [-0.4, -0.2) is 17.9 Å². The van der Waals surface area contributed by atoms with E-state index in [4.69, 9.17) is 0 Å². The van der Waals surface area contributed by atoms with E-state index >= 15 is 0 Å². The number of pyridine rings is 1. The summed E-state index contributed by atoms with van der Waals surface area (Å²) in [5.41, 5.74) is 4.03. The SMILES string of the molecule is [B]1C(c2ccccc2)=Nc2cccnc21. The van der Waals surface area contributed by atoms with Gasteiger partial charge in [0.15, 0.2) is 0 Å². The van der Waals surface area contributed by atoms with Crippen LogP contribution >= 0.6 is 0 Å². The maximum Gasteiger partial charge on any atom is 0.246 e. The molecule has 2 heterocycles. The van der Waals surface area contributed by atoms with Crippen molar-refractivity contribution in [3.05, 3.63) is 54.2 Å². The second-order valence-corrected chi connectivity index (χ2v) is 3.42. The minimum Gasteiger partial charge on any atom is -0.269 e. The molecule has 0 saturated heterocycles. The molecule has 3 heteroatoms. The van der Waals surface area contributed by atoms with Crippen LogP contribution in [0, 0.1) is 0 Å². The van der Waals surface area contributed by atoms with Crippen molar-refractivity contribution in [3.63, 3.8) is 0 Å². The molecule has 0 aliphatic carbocycles.